The summed E-state index contributed by atoms with van der Waals surface area (Å²) in [6.07, 6.45) is 6.52. The highest BCUT2D eigenvalue weighted by molar-refractivity contribution is 6.30. The molecule has 1 aromatic heterocycles. The van der Waals surface area contributed by atoms with Gasteiger partial charge in [-0.05, 0) is 61.2 Å². The van der Waals surface area contributed by atoms with Gasteiger partial charge in [0, 0.05) is 35.9 Å². The molecule has 4 rings (SSSR count). The summed E-state index contributed by atoms with van der Waals surface area (Å²) in [6, 6.07) is 7.71. The number of fused-ring (bicyclic) bond motifs is 1. The van der Waals surface area contributed by atoms with Crippen LogP contribution in [0.2, 0.25) is 5.02 Å². The second-order valence-corrected chi connectivity index (χ2v) is 7.45. The number of aliphatic hydroxyl groups is 1. The monoisotopic (exact) mass is 371 g/mol. The van der Waals surface area contributed by atoms with Crippen molar-refractivity contribution in [3.8, 4) is 0 Å². The van der Waals surface area contributed by atoms with E-state index in [0.717, 1.165) is 49.2 Å². The molecule has 1 amide bonds. The van der Waals surface area contributed by atoms with Crippen LogP contribution in [0.25, 0.3) is 0 Å². The van der Waals surface area contributed by atoms with E-state index in [1.54, 1.807) is 23.2 Å². The Bertz CT molecular complexity index is 826. The van der Waals surface area contributed by atoms with Crippen molar-refractivity contribution in [2.24, 2.45) is 0 Å². The fraction of sp³-hybridized carbons (Fsp3) is 0.400. The number of pyridine rings is 1. The maximum absolute atomic E-state index is 12.9. The Morgan fingerprint density at radius 3 is 2.96 bits per heavy atom. The standard InChI is InChI=1S/C20H22ClN3O2/c21-16-3-4-19-15(9-16)5-7-24(20(19)26)18-8-14(10-22-11-18)12-23-6-1-2-17(23)13-25/h3-4,8-11,17,25H,1-2,5-7,12-13H2/t17-/m1/s1. The minimum absolute atomic E-state index is 0.00345. The molecule has 26 heavy (non-hydrogen) atoms. The Morgan fingerprint density at radius 1 is 1.23 bits per heavy atom. The van der Waals surface area contributed by atoms with Crippen molar-refractivity contribution in [2.45, 2.75) is 31.8 Å². The normalized spacial score (nSPS) is 20.5. The first kappa shape index (κ1) is 17.5. The van der Waals surface area contributed by atoms with Gasteiger partial charge in [-0.15, -0.1) is 0 Å². The van der Waals surface area contributed by atoms with Crippen molar-refractivity contribution in [3.63, 3.8) is 0 Å². The van der Waals surface area contributed by atoms with E-state index in [1.807, 2.05) is 18.3 Å². The fourth-order valence-electron chi connectivity index (χ4n) is 3.96. The van der Waals surface area contributed by atoms with Gasteiger partial charge in [0.1, 0.15) is 0 Å². The number of likely N-dealkylation sites (tertiary alicyclic amines) is 1. The molecular formula is C20H22ClN3O2. The van der Waals surface area contributed by atoms with Crippen molar-refractivity contribution in [3.05, 3.63) is 58.4 Å². The van der Waals surface area contributed by atoms with Crippen molar-refractivity contribution in [2.75, 3.05) is 24.6 Å². The molecule has 0 spiro atoms. The van der Waals surface area contributed by atoms with Gasteiger partial charge in [0.25, 0.3) is 5.91 Å². The Balaban J connectivity index is 1.55. The zero-order valence-corrected chi connectivity index (χ0v) is 15.3. The van der Waals surface area contributed by atoms with Crippen LogP contribution in [-0.4, -0.2) is 46.6 Å². The number of anilines is 1. The SMILES string of the molecule is O=C1c2ccc(Cl)cc2CCN1c1cncc(CN2CCC[C@@H]2CO)c1. The van der Waals surface area contributed by atoms with Crippen LogP contribution in [0.15, 0.2) is 36.7 Å². The van der Waals surface area contributed by atoms with Crippen LogP contribution < -0.4 is 4.90 Å². The molecule has 1 N–H and O–H groups in total. The molecule has 0 bridgehead atoms. The third kappa shape index (κ3) is 3.34. The summed E-state index contributed by atoms with van der Waals surface area (Å²) in [5.41, 5.74) is 3.61. The zero-order chi connectivity index (χ0) is 18.1. The number of nitrogens with zero attached hydrogens (tertiary/aromatic N) is 3. The molecule has 6 heteroatoms. The lowest BCUT2D eigenvalue weighted by atomic mass is 9.98. The molecule has 1 fully saturated rings. The molecule has 3 heterocycles. The van der Waals surface area contributed by atoms with Crippen molar-refractivity contribution in [1.82, 2.24) is 9.88 Å². The first-order chi connectivity index (χ1) is 12.7. The number of carbonyl (C=O) groups excluding carboxylic acids is 1. The molecule has 1 aromatic carbocycles. The average Bonchev–Trinajstić information content (AvgIpc) is 3.09. The molecule has 0 radical (unpaired) electrons. The Hall–Kier alpha value is -1.95. The largest absolute Gasteiger partial charge is 0.395 e. The summed E-state index contributed by atoms with van der Waals surface area (Å²) < 4.78 is 0. The maximum atomic E-state index is 12.9. The second-order valence-electron chi connectivity index (χ2n) is 7.01. The van der Waals surface area contributed by atoms with Crippen LogP contribution in [0.1, 0.15) is 34.3 Å². The summed E-state index contributed by atoms with van der Waals surface area (Å²) in [6.45, 7) is 2.56. The molecule has 0 saturated carbocycles. The molecule has 1 atom stereocenters. The van der Waals surface area contributed by atoms with Crippen LogP contribution in [-0.2, 0) is 13.0 Å². The number of benzene rings is 1. The lowest BCUT2D eigenvalue weighted by molar-refractivity contribution is 0.0980. The van der Waals surface area contributed by atoms with Gasteiger partial charge in [-0.3, -0.25) is 14.7 Å². The smallest absolute Gasteiger partial charge is 0.258 e. The van der Waals surface area contributed by atoms with Crippen LogP contribution >= 0.6 is 11.6 Å². The molecular weight excluding hydrogens is 350 g/mol. The van der Waals surface area contributed by atoms with Crippen molar-refractivity contribution in [1.29, 1.82) is 0 Å². The van der Waals surface area contributed by atoms with E-state index in [4.69, 9.17) is 11.6 Å². The molecule has 2 aliphatic heterocycles. The zero-order valence-electron chi connectivity index (χ0n) is 14.6. The maximum Gasteiger partial charge on any atom is 0.258 e. The average molecular weight is 372 g/mol. The van der Waals surface area contributed by atoms with Gasteiger partial charge >= 0.3 is 0 Å². The van der Waals surface area contributed by atoms with Gasteiger partial charge in [-0.2, -0.15) is 0 Å². The highest BCUT2D eigenvalue weighted by Gasteiger charge is 2.27. The number of amides is 1. The Kier molecular flexibility index (Phi) is 4.94. The van der Waals surface area contributed by atoms with Gasteiger partial charge in [0.2, 0.25) is 0 Å². The minimum atomic E-state index is -0.00345. The third-order valence-corrected chi connectivity index (χ3v) is 5.57. The predicted molar refractivity (Wildman–Crippen MR) is 102 cm³/mol. The minimum Gasteiger partial charge on any atom is -0.395 e. The van der Waals surface area contributed by atoms with E-state index >= 15 is 0 Å². The van der Waals surface area contributed by atoms with Gasteiger partial charge in [0.05, 0.1) is 18.5 Å². The van der Waals surface area contributed by atoms with Gasteiger partial charge in [-0.25, -0.2) is 0 Å². The van der Waals surface area contributed by atoms with E-state index in [1.165, 1.54) is 0 Å². The van der Waals surface area contributed by atoms with Gasteiger partial charge < -0.3 is 10.0 Å². The number of halogens is 1. The Morgan fingerprint density at radius 2 is 2.12 bits per heavy atom. The topological polar surface area (TPSA) is 56.7 Å². The van der Waals surface area contributed by atoms with Crippen molar-refractivity contribution >= 4 is 23.2 Å². The summed E-state index contributed by atoms with van der Waals surface area (Å²) in [4.78, 5) is 21.3. The van der Waals surface area contributed by atoms with Crippen molar-refractivity contribution < 1.29 is 9.90 Å². The van der Waals surface area contributed by atoms with Gasteiger partial charge in [0.15, 0.2) is 0 Å². The summed E-state index contributed by atoms with van der Waals surface area (Å²) in [5, 5.41) is 10.2. The summed E-state index contributed by atoms with van der Waals surface area (Å²) in [7, 11) is 0. The van der Waals surface area contributed by atoms with E-state index in [0.29, 0.717) is 17.1 Å². The highest BCUT2D eigenvalue weighted by Crippen LogP contribution is 2.27. The van der Waals surface area contributed by atoms with Crippen LogP contribution in [0.3, 0.4) is 0 Å². The number of hydrogen-bond acceptors (Lipinski definition) is 4. The number of hydrogen-bond donors (Lipinski definition) is 1. The molecule has 0 aliphatic carbocycles. The lowest BCUT2D eigenvalue weighted by Crippen LogP contribution is -2.38. The second kappa shape index (κ2) is 7.35. The highest BCUT2D eigenvalue weighted by atomic mass is 35.5. The van der Waals surface area contributed by atoms with E-state index in [9.17, 15) is 9.90 Å². The molecule has 0 unspecified atom stereocenters. The molecule has 5 nitrogen and oxygen atoms in total. The van der Waals surface area contributed by atoms with Crippen LogP contribution in [0.4, 0.5) is 5.69 Å². The number of rotatable bonds is 4. The summed E-state index contributed by atoms with van der Waals surface area (Å²) >= 11 is 6.05. The number of aliphatic hydroxyl groups excluding tert-OH is 1. The summed E-state index contributed by atoms with van der Waals surface area (Å²) in [5.74, 6) is -0.00345. The quantitative estimate of drug-likeness (QED) is 0.897. The number of carbonyl (C=O) groups is 1. The van der Waals surface area contributed by atoms with Crippen LogP contribution in [0.5, 0.6) is 0 Å². The van der Waals surface area contributed by atoms with E-state index in [-0.39, 0.29) is 18.6 Å². The van der Waals surface area contributed by atoms with Gasteiger partial charge in [-0.1, -0.05) is 11.6 Å². The predicted octanol–water partition coefficient (Wildman–Crippen LogP) is 2.89. The molecule has 136 valence electrons. The molecule has 1 saturated heterocycles. The number of aromatic nitrogens is 1. The first-order valence-electron chi connectivity index (χ1n) is 9.05. The Labute approximate surface area is 158 Å². The fourth-order valence-corrected chi connectivity index (χ4v) is 4.15. The van der Waals surface area contributed by atoms with Crippen LogP contribution in [0, 0.1) is 0 Å². The first-order valence-corrected chi connectivity index (χ1v) is 9.42. The molecule has 2 aliphatic rings. The molecule has 2 aromatic rings. The lowest BCUT2D eigenvalue weighted by Gasteiger charge is -2.29. The third-order valence-electron chi connectivity index (χ3n) is 5.34. The van der Waals surface area contributed by atoms with E-state index < -0.39 is 0 Å². The van der Waals surface area contributed by atoms with E-state index in [2.05, 4.69) is 9.88 Å².